The number of sulfone groups is 1. The monoisotopic (exact) mass is 402 g/mol. The van der Waals surface area contributed by atoms with Gasteiger partial charge in [0.15, 0.2) is 20.8 Å². The van der Waals surface area contributed by atoms with Gasteiger partial charge >= 0.3 is 0 Å². The van der Waals surface area contributed by atoms with E-state index in [9.17, 15) is 18.5 Å². The van der Waals surface area contributed by atoms with Gasteiger partial charge in [-0.2, -0.15) is 0 Å². The van der Waals surface area contributed by atoms with Crippen molar-refractivity contribution in [2.75, 3.05) is 11.5 Å². The lowest BCUT2D eigenvalue weighted by molar-refractivity contribution is -0.384. The van der Waals surface area contributed by atoms with Gasteiger partial charge in [0.05, 0.1) is 21.6 Å². The van der Waals surface area contributed by atoms with Crippen molar-refractivity contribution in [2.24, 2.45) is 0 Å². The Morgan fingerprint density at radius 3 is 2.48 bits per heavy atom. The molecule has 8 nitrogen and oxygen atoms in total. The Labute approximate surface area is 159 Å². The molecule has 138 valence electrons. The number of hydrogen-bond donors (Lipinski definition) is 0. The van der Waals surface area contributed by atoms with Gasteiger partial charge in [0, 0.05) is 23.4 Å². The molecule has 3 aromatic rings. The number of aromatic nitrogens is 3. The predicted molar refractivity (Wildman–Crippen MR) is 100 cm³/mol. The summed E-state index contributed by atoms with van der Waals surface area (Å²) < 4.78 is 27.3. The van der Waals surface area contributed by atoms with Gasteiger partial charge < -0.3 is 0 Å². The molecule has 1 atom stereocenters. The van der Waals surface area contributed by atoms with Crippen LogP contribution in [0.1, 0.15) is 6.04 Å². The Kier molecular flexibility index (Phi) is 4.44. The average Bonchev–Trinajstić information content (AvgIpc) is 3.25. The van der Waals surface area contributed by atoms with E-state index in [0.717, 1.165) is 0 Å². The molecule has 0 saturated carbocycles. The number of nitrogens with zero attached hydrogens (tertiary/aromatic N) is 4. The first kappa shape index (κ1) is 17.7. The molecule has 2 heterocycles. The van der Waals surface area contributed by atoms with Crippen LogP contribution in [0, 0.1) is 10.1 Å². The van der Waals surface area contributed by atoms with Crippen LogP contribution < -0.4 is 0 Å². The first-order valence-electron chi connectivity index (χ1n) is 8.06. The number of hydrogen-bond acceptors (Lipinski definition) is 7. The molecule has 0 N–H and O–H groups in total. The maximum atomic E-state index is 12.7. The number of benzene rings is 2. The van der Waals surface area contributed by atoms with E-state index in [1.54, 1.807) is 42.5 Å². The summed E-state index contributed by atoms with van der Waals surface area (Å²) in [5.74, 6) is 1.03. The molecular weight excluding hydrogens is 388 g/mol. The summed E-state index contributed by atoms with van der Waals surface area (Å²) in [4.78, 5) is 10.6. The number of rotatable bonds is 5. The third kappa shape index (κ3) is 3.33. The zero-order valence-electron chi connectivity index (χ0n) is 13.9. The summed E-state index contributed by atoms with van der Waals surface area (Å²) >= 11 is 1.45. The predicted octanol–water partition coefficient (Wildman–Crippen LogP) is 2.97. The fourth-order valence-electron chi connectivity index (χ4n) is 2.98. The molecule has 10 heteroatoms. The maximum Gasteiger partial charge on any atom is 0.269 e. The lowest BCUT2D eigenvalue weighted by atomic mass is 10.2. The van der Waals surface area contributed by atoms with Crippen molar-refractivity contribution < 1.29 is 13.3 Å². The second-order valence-corrected chi connectivity index (χ2v) is 9.06. The van der Waals surface area contributed by atoms with E-state index in [1.807, 2.05) is 4.57 Å². The molecule has 0 spiro atoms. The zero-order chi connectivity index (χ0) is 19.0. The molecule has 0 radical (unpaired) electrons. The molecule has 4 rings (SSSR count). The summed E-state index contributed by atoms with van der Waals surface area (Å²) in [6.45, 7) is 0. The minimum Gasteiger partial charge on any atom is -0.297 e. The van der Waals surface area contributed by atoms with Gasteiger partial charge in [-0.3, -0.25) is 14.7 Å². The number of fused-ring (bicyclic) bond motifs is 1. The topological polar surface area (TPSA) is 108 Å². The summed E-state index contributed by atoms with van der Waals surface area (Å²) in [7, 11) is -3.46. The Hall–Kier alpha value is -2.72. The summed E-state index contributed by atoms with van der Waals surface area (Å²) in [5, 5.41) is 19.8. The highest BCUT2D eigenvalue weighted by Crippen LogP contribution is 2.37. The van der Waals surface area contributed by atoms with Crippen molar-refractivity contribution in [2.45, 2.75) is 16.1 Å². The molecule has 2 aromatic carbocycles. The Morgan fingerprint density at radius 2 is 1.81 bits per heavy atom. The van der Waals surface area contributed by atoms with Crippen LogP contribution in [0.2, 0.25) is 0 Å². The highest BCUT2D eigenvalue weighted by Gasteiger charge is 2.32. The van der Waals surface area contributed by atoms with Crippen LogP contribution in [-0.4, -0.2) is 39.6 Å². The lowest BCUT2D eigenvalue weighted by Crippen LogP contribution is -2.20. The third-order valence-corrected chi connectivity index (χ3v) is 7.19. The SMILES string of the molecule is O=[N+]([O-])c1ccc(-c2nnc3n2[C@H](CS(=O)(=O)c2ccccc2)CS3)cc1. The molecule has 1 aliphatic heterocycles. The second-order valence-electron chi connectivity index (χ2n) is 6.04. The van der Waals surface area contributed by atoms with Crippen LogP contribution in [-0.2, 0) is 9.84 Å². The van der Waals surface area contributed by atoms with Crippen molar-refractivity contribution in [1.29, 1.82) is 0 Å². The molecule has 1 aliphatic rings. The first-order valence-corrected chi connectivity index (χ1v) is 10.7. The highest BCUT2D eigenvalue weighted by molar-refractivity contribution is 7.99. The Bertz CT molecular complexity index is 1100. The largest absolute Gasteiger partial charge is 0.297 e. The van der Waals surface area contributed by atoms with Gasteiger partial charge in [-0.1, -0.05) is 30.0 Å². The zero-order valence-corrected chi connectivity index (χ0v) is 15.6. The molecule has 0 amide bonds. The van der Waals surface area contributed by atoms with E-state index in [2.05, 4.69) is 10.2 Å². The minimum absolute atomic E-state index is 0.0162. The Balaban J connectivity index is 1.66. The number of nitro groups is 1. The Morgan fingerprint density at radius 1 is 1.11 bits per heavy atom. The first-order chi connectivity index (χ1) is 13.0. The van der Waals surface area contributed by atoms with Gasteiger partial charge in [-0.05, 0) is 24.3 Å². The van der Waals surface area contributed by atoms with Crippen LogP contribution in [0.4, 0.5) is 5.69 Å². The van der Waals surface area contributed by atoms with Crippen LogP contribution in [0.5, 0.6) is 0 Å². The molecular formula is C17H14N4O4S2. The van der Waals surface area contributed by atoms with Gasteiger partial charge in [-0.15, -0.1) is 10.2 Å². The van der Waals surface area contributed by atoms with Crippen LogP contribution in [0.15, 0.2) is 64.6 Å². The number of thioether (sulfide) groups is 1. The van der Waals surface area contributed by atoms with Crippen LogP contribution in [0.25, 0.3) is 11.4 Å². The quantitative estimate of drug-likeness (QED) is 0.477. The molecule has 0 fully saturated rings. The molecule has 0 bridgehead atoms. The summed E-state index contributed by atoms with van der Waals surface area (Å²) in [6, 6.07) is 14.0. The molecule has 0 unspecified atom stereocenters. The van der Waals surface area contributed by atoms with E-state index >= 15 is 0 Å². The minimum atomic E-state index is -3.46. The molecule has 0 saturated heterocycles. The second kappa shape index (κ2) is 6.78. The standard InChI is InChI=1S/C17H14N4O4S2/c22-21(23)13-8-6-12(7-9-13)16-18-19-17-20(16)14(10-26-17)11-27(24,25)15-4-2-1-3-5-15/h1-9,14H,10-11H2/t14-/m0/s1. The third-order valence-electron chi connectivity index (χ3n) is 4.28. The molecule has 27 heavy (non-hydrogen) atoms. The highest BCUT2D eigenvalue weighted by atomic mass is 32.2. The van der Waals surface area contributed by atoms with Crippen molar-refractivity contribution in [3.8, 4) is 11.4 Å². The van der Waals surface area contributed by atoms with Crippen molar-refractivity contribution in [1.82, 2.24) is 14.8 Å². The maximum absolute atomic E-state index is 12.7. The summed E-state index contributed by atoms with van der Waals surface area (Å²) in [6.07, 6.45) is 0. The van der Waals surface area contributed by atoms with E-state index in [-0.39, 0.29) is 22.4 Å². The van der Waals surface area contributed by atoms with Gasteiger partial charge in [-0.25, -0.2) is 8.42 Å². The number of non-ortho nitro benzene ring substituents is 1. The van der Waals surface area contributed by atoms with Gasteiger partial charge in [0.25, 0.3) is 5.69 Å². The number of nitro benzene ring substituents is 1. The van der Waals surface area contributed by atoms with Gasteiger partial charge in [0.2, 0.25) is 0 Å². The van der Waals surface area contributed by atoms with E-state index in [0.29, 0.717) is 22.3 Å². The fraction of sp³-hybridized carbons (Fsp3) is 0.176. The average molecular weight is 402 g/mol. The molecule has 1 aromatic heterocycles. The lowest BCUT2D eigenvalue weighted by Gasteiger charge is -2.15. The van der Waals surface area contributed by atoms with Crippen LogP contribution >= 0.6 is 11.8 Å². The van der Waals surface area contributed by atoms with E-state index < -0.39 is 14.8 Å². The van der Waals surface area contributed by atoms with Crippen LogP contribution in [0.3, 0.4) is 0 Å². The van der Waals surface area contributed by atoms with Gasteiger partial charge in [0.1, 0.15) is 0 Å². The normalized spacial score (nSPS) is 16.2. The van der Waals surface area contributed by atoms with E-state index in [1.165, 1.54) is 23.9 Å². The fourth-order valence-corrected chi connectivity index (χ4v) is 5.75. The molecule has 0 aliphatic carbocycles. The smallest absolute Gasteiger partial charge is 0.269 e. The van der Waals surface area contributed by atoms with Crippen molar-refractivity contribution >= 4 is 27.3 Å². The van der Waals surface area contributed by atoms with E-state index in [4.69, 9.17) is 0 Å². The van der Waals surface area contributed by atoms with Crippen molar-refractivity contribution in [3.63, 3.8) is 0 Å². The van der Waals surface area contributed by atoms with Crippen molar-refractivity contribution in [3.05, 3.63) is 64.7 Å². The summed E-state index contributed by atoms with van der Waals surface area (Å²) in [5.41, 5.74) is 0.640.